The van der Waals surface area contributed by atoms with Crippen molar-refractivity contribution in [3.05, 3.63) is 35.1 Å². The van der Waals surface area contributed by atoms with Gasteiger partial charge in [-0.25, -0.2) is 0 Å². The van der Waals surface area contributed by atoms with Crippen molar-refractivity contribution in [3.63, 3.8) is 0 Å². The second-order valence-electron chi connectivity index (χ2n) is 5.62. The monoisotopic (exact) mass is 353 g/mol. The fraction of sp³-hybridized carbons (Fsp3) is 0.529. The van der Waals surface area contributed by atoms with E-state index in [0.29, 0.717) is 28.7 Å². The molecule has 6 heteroatoms. The first-order valence-electron chi connectivity index (χ1n) is 8.04. The molecule has 0 unspecified atom stereocenters. The number of para-hydroxylation sites is 1. The highest BCUT2D eigenvalue weighted by Crippen LogP contribution is 2.29. The van der Waals surface area contributed by atoms with Crippen molar-refractivity contribution in [2.75, 3.05) is 0 Å². The summed E-state index contributed by atoms with van der Waals surface area (Å²) in [6.07, 6.45) is 2.08. The van der Waals surface area contributed by atoms with Crippen LogP contribution in [0.15, 0.2) is 29.4 Å². The van der Waals surface area contributed by atoms with Gasteiger partial charge in [0.05, 0.1) is 5.02 Å². The standard InChI is InChI=1S/C17H24ClN3OS/c1-5-13(6-2)21-16(19-20-17(21)23-12(3)4)11-22-15-10-8-7-9-14(15)18/h7-10,12-13H,5-6,11H2,1-4H3. The van der Waals surface area contributed by atoms with Gasteiger partial charge < -0.3 is 9.30 Å². The maximum atomic E-state index is 6.15. The number of nitrogens with zero attached hydrogens (tertiary/aromatic N) is 3. The predicted octanol–water partition coefficient (Wildman–Crippen LogP) is 5.37. The van der Waals surface area contributed by atoms with Gasteiger partial charge in [-0.2, -0.15) is 0 Å². The third-order valence-electron chi connectivity index (χ3n) is 3.58. The highest BCUT2D eigenvalue weighted by molar-refractivity contribution is 7.99. The number of benzene rings is 1. The van der Waals surface area contributed by atoms with Crippen LogP contribution in [-0.4, -0.2) is 20.0 Å². The third-order valence-corrected chi connectivity index (χ3v) is 4.85. The lowest BCUT2D eigenvalue weighted by Gasteiger charge is -2.20. The molecule has 2 rings (SSSR count). The number of hydrogen-bond donors (Lipinski definition) is 0. The molecule has 1 aromatic carbocycles. The molecule has 4 nitrogen and oxygen atoms in total. The largest absolute Gasteiger partial charge is 0.484 e. The Morgan fingerprint density at radius 2 is 1.87 bits per heavy atom. The Morgan fingerprint density at radius 1 is 1.17 bits per heavy atom. The Kier molecular flexibility index (Phi) is 6.78. The molecule has 0 N–H and O–H groups in total. The van der Waals surface area contributed by atoms with Crippen LogP contribution in [0.25, 0.3) is 0 Å². The number of aromatic nitrogens is 3. The van der Waals surface area contributed by atoms with Crippen molar-refractivity contribution >= 4 is 23.4 Å². The van der Waals surface area contributed by atoms with Crippen molar-refractivity contribution in [1.82, 2.24) is 14.8 Å². The molecule has 0 amide bonds. The lowest BCUT2D eigenvalue weighted by molar-refractivity contribution is 0.278. The molecule has 0 bridgehead atoms. The summed E-state index contributed by atoms with van der Waals surface area (Å²) < 4.78 is 8.08. The topological polar surface area (TPSA) is 39.9 Å². The summed E-state index contributed by atoms with van der Waals surface area (Å²) in [5.41, 5.74) is 0. The van der Waals surface area contributed by atoms with Gasteiger partial charge in [-0.15, -0.1) is 10.2 Å². The molecular formula is C17H24ClN3OS. The Labute approximate surface area is 147 Å². The molecule has 0 saturated carbocycles. The molecule has 1 heterocycles. The summed E-state index contributed by atoms with van der Waals surface area (Å²) >= 11 is 7.89. The van der Waals surface area contributed by atoms with Crippen molar-refractivity contribution in [2.24, 2.45) is 0 Å². The van der Waals surface area contributed by atoms with E-state index in [1.807, 2.05) is 24.3 Å². The normalized spacial score (nSPS) is 11.4. The van der Waals surface area contributed by atoms with Gasteiger partial charge in [-0.1, -0.05) is 63.2 Å². The number of thioether (sulfide) groups is 1. The van der Waals surface area contributed by atoms with Crippen molar-refractivity contribution in [2.45, 2.75) is 63.6 Å². The van der Waals surface area contributed by atoms with E-state index in [0.717, 1.165) is 23.8 Å². The molecule has 0 atom stereocenters. The molecule has 23 heavy (non-hydrogen) atoms. The SMILES string of the molecule is CCC(CC)n1c(COc2ccccc2Cl)nnc1SC(C)C. The summed E-state index contributed by atoms with van der Waals surface area (Å²) in [5, 5.41) is 10.8. The van der Waals surface area contributed by atoms with Crippen molar-refractivity contribution in [1.29, 1.82) is 0 Å². The van der Waals surface area contributed by atoms with Gasteiger partial charge in [-0.3, -0.25) is 0 Å². The van der Waals surface area contributed by atoms with E-state index in [2.05, 4.69) is 42.5 Å². The first-order valence-corrected chi connectivity index (χ1v) is 9.30. The van der Waals surface area contributed by atoms with E-state index in [-0.39, 0.29) is 0 Å². The molecular weight excluding hydrogens is 330 g/mol. The quantitative estimate of drug-likeness (QED) is 0.598. The smallest absolute Gasteiger partial charge is 0.191 e. The highest BCUT2D eigenvalue weighted by Gasteiger charge is 2.20. The molecule has 0 aliphatic carbocycles. The summed E-state index contributed by atoms with van der Waals surface area (Å²) in [6, 6.07) is 7.87. The zero-order valence-corrected chi connectivity index (χ0v) is 15.7. The van der Waals surface area contributed by atoms with E-state index >= 15 is 0 Å². The van der Waals surface area contributed by atoms with Gasteiger partial charge in [0.2, 0.25) is 0 Å². The first kappa shape index (κ1) is 18.1. The summed E-state index contributed by atoms with van der Waals surface area (Å²) in [7, 11) is 0. The lowest BCUT2D eigenvalue weighted by atomic mass is 10.2. The lowest BCUT2D eigenvalue weighted by Crippen LogP contribution is -2.14. The van der Waals surface area contributed by atoms with Gasteiger partial charge >= 0.3 is 0 Å². The summed E-state index contributed by atoms with van der Waals surface area (Å²) in [6.45, 7) is 9.08. The first-order chi connectivity index (χ1) is 11.1. The molecule has 2 aromatic rings. The van der Waals surface area contributed by atoms with Crippen molar-refractivity contribution in [3.8, 4) is 5.75 Å². The number of hydrogen-bond acceptors (Lipinski definition) is 4. The fourth-order valence-corrected chi connectivity index (χ4v) is 3.49. The van der Waals surface area contributed by atoms with Gasteiger partial charge in [0, 0.05) is 11.3 Å². The fourth-order valence-electron chi connectivity index (χ4n) is 2.42. The minimum absolute atomic E-state index is 0.367. The Hall–Kier alpha value is -1.20. The zero-order valence-electron chi connectivity index (χ0n) is 14.1. The molecule has 0 fully saturated rings. The van der Waals surface area contributed by atoms with E-state index in [1.54, 1.807) is 11.8 Å². The van der Waals surface area contributed by atoms with E-state index in [1.165, 1.54) is 0 Å². The van der Waals surface area contributed by atoms with Crippen LogP contribution >= 0.6 is 23.4 Å². The van der Waals surface area contributed by atoms with Crippen LogP contribution in [0, 0.1) is 0 Å². The molecule has 0 radical (unpaired) electrons. The van der Waals surface area contributed by atoms with Crippen molar-refractivity contribution < 1.29 is 4.74 Å². The van der Waals surface area contributed by atoms with Crippen LogP contribution in [0.1, 0.15) is 52.4 Å². The highest BCUT2D eigenvalue weighted by atomic mass is 35.5. The van der Waals surface area contributed by atoms with Crippen LogP contribution in [0.5, 0.6) is 5.75 Å². The van der Waals surface area contributed by atoms with Gasteiger partial charge in [0.15, 0.2) is 11.0 Å². The number of ether oxygens (including phenoxy) is 1. The van der Waals surface area contributed by atoms with Gasteiger partial charge in [-0.05, 0) is 25.0 Å². The maximum Gasteiger partial charge on any atom is 0.191 e. The molecule has 126 valence electrons. The number of halogens is 1. The second kappa shape index (κ2) is 8.60. The number of rotatable bonds is 8. The molecule has 0 aliphatic rings. The average Bonchev–Trinajstić information content (AvgIpc) is 2.90. The Balaban J connectivity index is 2.23. The zero-order chi connectivity index (χ0) is 16.8. The third kappa shape index (κ3) is 4.64. The van der Waals surface area contributed by atoms with Crippen LogP contribution in [-0.2, 0) is 6.61 Å². The van der Waals surface area contributed by atoms with Crippen LogP contribution in [0.3, 0.4) is 0 Å². The molecule has 0 aliphatic heterocycles. The van der Waals surface area contributed by atoms with E-state index in [9.17, 15) is 0 Å². The Bertz CT molecular complexity index is 626. The minimum atomic E-state index is 0.367. The van der Waals surface area contributed by atoms with Crippen LogP contribution in [0.2, 0.25) is 5.02 Å². The molecule has 1 aromatic heterocycles. The summed E-state index contributed by atoms with van der Waals surface area (Å²) in [4.78, 5) is 0. The predicted molar refractivity (Wildman–Crippen MR) is 96.4 cm³/mol. The summed E-state index contributed by atoms with van der Waals surface area (Å²) in [5.74, 6) is 1.52. The van der Waals surface area contributed by atoms with E-state index in [4.69, 9.17) is 16.3 Å². The van der Waals surface area contributed by atoms with Gasteiger partial charge in [0.1, 0.15) is 12.4 Å². The second-order valence-corrected chi connectivity index (χ2v) is 7.58. The van der Waals surface area contributed by atoms with E-state index < -0.39 is 0 Å². The van der Waals surface area contributed by atoms with Crippen LogP contribution < -0.4 is 4.74 Å². The molecule has 0 spiro atoms. The Morgan fingerprint density at radius 3 is 2.48 bits per heavy atom. The average molecular weight is 354 g/mol. The van der Waals surface area contributed by atoms with Gasteiger partial charge in [0.25, 0.3) is 0 Å². The van der Waals surface area contributed by atoms with Crippen LogP contribution in [0.4, 0.5) is 0 Å². The maximum absolute atomic E-state index is 6.15. The minimum Gasteiger partial charge on any atom is -0.484 e. The molecule has 0 saturated heterocycles.